The van der Waals surface area contributed by atoms with Crippen molar-refractivity contribution in [2.24, 2.45) is 0 Å². The summed E-state index contributed by atoms with van der Waals surface area (Å²) in [6.07, 6.45) is -1.61. The van der Waals surface area contributed by atoms with Gasteiger partial charge in [0.2, 0.25) is 0 Å². The number of ether oxygens (including phenoxy) is 2. The van der Waals surface area contributed by atoms with Gasteiger partial charge < -0.3 is 9.47 Å². The lowest BCUT2D eigenvalue weighted by Gasteiger charge is -2.33. The van der Waals surface area contributed by atoms with E-state index in [9.17, 15) is 39.5 Å². The van der Waals surface area contributed by atoms with Gasteiger partial charge in [-0.1, -0.05) is 44.9 Å². The summed E-state index contributed by atoms with van der Waals surface area (Å²) in [5.41, 5.74) is 0. The fraction of sp³-hybridized carbons (Fsp3) is 1.00. The van der Waals surface area contributed by atoms with E-state index in [4.69, 9.17) is 9.47 Å². The summed E-state index contributed by atoms with van der Waals surface area (Å²) in [4.78, 5) is 0. The largest absolute Gasteiger partial charge is 0.460 e. The SMILES string of the molecule is FC(F)(F)C(F)(F)C(F)(F)C(F)(F)CCCCCCCCCCCOC1CCCO1. The Bertz CT molecular complexity index is 475. The average Bonchev–Trinajstić information content (AvgIpc) is 3.14. The van der Waals surface area contributed by atoms with Crippen LogP contribution in [0.5, 0.6) is 0 Å². The highest BCUT2D eigenvalue weighted by Crippen LogP contribution is 2.54. The number of alkyl halides is 9. The molecule has 1 unspecified atom stereocenters. The van der Waals surface area contributed by atoms with Gasteiger partial charge in [-0.15, -0.1) is 0 Å². The lowest BCUT2D eigenvalue weighted by molar-refractivity contribution is -0.396. The lowest BCUT2D eigenvalue weighted by Crippen LogP contribution is -2.60. The molecule has 1 rings (SSSR count). The van der Waals surface area contributed by atoms with Gasteiger partial charge in [-0.05, 0) is 19.3 Å². The van der Waals surface area contributed by atoms with Crippen molar-refractivity contribution in [2.45, 2.75) is 107 Å². The maximum absolute atomic E-state index is 13.4. The molecule has 11 heteroatoms. The van der Waals surface area contributed by atoms with Crippen LogP contribution < -0.4 is 0 Å². The minimum atomic E-state index is -6.79. The molecule has 1 heterocycles. The molecule has 0 aliphatic carbocycles. The Labute approximate surface area is 170 Å². The molecule has 1 aliphatic heterocycles. The van der Waals surface area contributed by atoms with Gasteiger partial charge in [0, 0.05) is 26.1 Å². The van der Waals surface area contributed by atoms with E-state index in [2.05, 4.69) is 0 Å². The smallest absolute Gasteiger partial charge is 0.353 e. The fourth-order valence-electron chi connectivity index (χ4n) is 3.15. The van der Waals surface area contributed by atoms with Crippen LogP contribution in [0.2, 0.25) is 0 Å². The molecule has 0 spiro atoms. The highest BCUT2D eigenvalue weighted by atomic mass is 19.4. The molecule has 0 aromatic rings. The van der Waals surface area contributed by atoms with Gasteiger partial charge in [0.15, 0.2) is 6.29 Å². The minimum absolute atomic E-state index is 0.0541. The molecule has 2 nitrogen and oxygen atoms in total. The van der Waals surface area contributed by atoms with Crippen LogP contribution in [0.1, 0.15) is 77.0 Å². The molecule has 0 bridgehead atoms. The number of hydrogen-bond acceptors (Lipinski definition) is 2. The van der Waals surface area contributed by atoms with Gasteiger partial charge in [-0.25, -0.2) is 0 Å². The molecule has 0 saturated carbocycles. The zero-order valence-corrected chi connectivity index (χ0v) is 16.7. The van der Waals surface area contributed by atoms with E-state index in [1.165, 1.54) is 0 Å². The van der Waals surface area contributed by atoms with Crippen molar-refractivity contribution < 1.29 is 49.0 Å². The van der Waals surface area contributed by atoms with E-state index >= 15 is 0 Å². The fourth-order valence-corrected chi connectivity index (χ4v) is 3.15. The summed E-state index contributed by atoms with van der Waals surface area (Å²) in [6.45, 7) is 1.35. The normalized spacial score (nSPS) is 18.9. The summed E-state index contributed by atoms with van der Waals surface area (Å²) in [7, 11) is 0. The van der Waals surface area contributed by atoms with Gasteiger partial charge in [0.25, 0.3) is 0 Å². The molecule has 1 fully saturated rings. The number of halogens is 9. The van der Waals surface area contributed by atoms with Crippen LogP contribution in [0.15, 0.2) is 0 Å². The number of hydrogen-bond donors (Lipinski definition) is 0. The third kappa shape index (κ3) is 7.76. The molecule has 0 N–H and O–H groups in total. The van der Waals surface area contributed by atoms with Crippen LogP contribution in [0.4, 0.5) is 39.5 Å². The topological polar surface area (TPSA) is 18.5 Å². The quantitative estimate of drug-likeness (QED) is 0.186. The summed E-state index contributed by atoms with van der Waals surface area (Å²) in [5, 5.41) is 0. The second kappa shape index (κ2) is 11.8. The summed E-state index contributed by atoms with van der Waals surface area (Å²) in [6, 6.07) is 0. The first-order valence-corrected chi connectivity index (χ1v) is 10.3. The van der Waals surface area contributed by atoms with Crippen molar-refractivity contribution >= 4 is 0 Å². The molecular weight excluding hydrogens is 431 g/mol. The first-order chi connectivity index (χ1) is 13.8. The lowest BCUT2D eigenvalue weighted by atomic mass is 9.97. The van der Waals surface area contributed by atoms with E-state index in [0.717, 1.165) is 51.6 Å². The minimum Gasteiger partial charge on any atom is -0.353 e. The third-order valence-corrected chi connectivity index (χ3v) is 5.04. The zero-order valence-electron chi connectivity index (χ0n) is 16.7. The van der Waals surface area contributed by atoms with E-state index in [-0.39, 0.29) is 12.7 Å². The Morgan fingerprint density at radius 3 is 1.63 bits per heavy atom. The van der Waals surface area contributed by atoms with Gasteiger partial charge in [-0.3, -0.25) is 0 Å². The van der Waals surface area contributed by atoms with Crippen molar-refractivity contribution in [1.82, 2.24) is 0 Å². The van der Waals surface area contributed by atoms with E-state index in [0.29, 0.717) is 19.4 Å². The van der Waals surface area contributed by atoms with Crippen molar-refractivity contribution in [2.75, 3.05) is 13.2 Å². The van der Waals surface area contributed by atoms with Crippen molar-refractivity contribution in [3.8, 4) is 0 Å². The predicted octanol–water partition coefficient (Wildman–Crippen LogP) is 7.51. The molecule has 0 amide bonds. The predicted molar refractivity (Wildman–Crippen MR) is 92.0 cm³/mol. The second-order valence-electron chi connectivity index (χ2n) is 7.60. The molecule has 1 saturated heterocycles. The van der Waals surface area contributed by atoms with Crippen LogP contribution in [-0.2, 0) is 9.47 Å². The first-order valence-electron chi connectivity index (χ1n) is 10.3. The molecule has 30 heavy (non-hydrogen) atoms. The Hall–Kier alpha value is -0.710. The maximum atomic E-state index is 13.4. The van der Waals surface area contributed by atoms with E-state index in [1.54, 1.807) is 0 Å². The Morgan fingerprint density at radius 2 is 1.17 bits per heavy atom. The van der Waals surface area contributed by atoms with Crippen molar-refractivity contribution in [3.05, 3.63) is 0 Å². The first kappa shape index (κ1) is 27.3. The Kier molecular flexibility index (Phi) is 10.7. The molecule has 0 aromatic carbocycles. The van der Waals surface area contributed by atoms with Gasteiger partial charge in [-0.2, -0.15) is 39.5 Å². The molecule has 1 aliphatic rings. The average molecular weight is 460 g/mol. The Balaban J connectivity index is 2.08. The Morgan fingerprint density at radius 1 is 0.667 bits per heavy atom. The highest BCUT2D eigenvalue weighted by Gasteiger charge is 2.81. The molecular formula is C19H29F9O2. The standard InChI is InChI=1S/C19H29F9O2/c20-16(21,17(22,23)18(24,25)19(26,27)28)12-8-6-4-2-1-3-5-7-9-13-29-15-11-10-14-30-15/h15H,1-14H2. The maximum Gasteiger partial charge on any atom is 0.460 e. The zero-order chi connectivity index (χ0) is 22.9. The number of rotatable bonds is 15. The second-order valence-corrected chi connectivity index (χ2v) is 7.60. The summed E-state index contributed by atoms with van der Waals surface area (Å²) >= 11 is 0. The monoisotopic (exact) mass is 460 g/mol. The molecule has 180 valence electrons. The van der Waals surface area contributed by atoms with Crippen LogP contribution >= 0.6 is 0 Å². The number of unbranched alkanes of at least 4 members (excludes halogenated alkanes) is 8. The highest BCUT2D eigenvalue weighted by molar-refractivity contribution is 5.00. The van der Waals surface area contributed by atoms with E-state index in [1.807, 2.05) is 0 Å². The van der Waals surface area contributed by atoms with Crippen LogP contribution in [0.3, 0.4) is 0 Å². The summed E-state index contributed by atoms with van der Waals surface area (Å²) < 4.78 is 125. The summed E-state index contributed by atoms with van der Waals surface area (Å²) in [5.74, 6) is -18.7. The van der Waals surface area contributed by atoms with Crippen LogP contribution in [0, 0.1) is 0 Å². The van der Waals surface area contributed by atoms with Gasteiger partial charge in [0.1, 0.15) is 0 Å². The van der Waals surface area contributed by atoms with Gasteiger partial charge >= 0.3 is 23.9 Å². The molecule has 0 aromatic heterocycles. The molecule has 0 radical (unpaired) electrons. The van der Waals surface area contributed by atoms with Crippen LogP contribution in [-0.4, -0.2) is 43.4 Å². The van der Waals surface area contributed by atoms with Crippen molar-refractivity contribution in [1.29, 1.82) is 0 Å². The van der Waals surface area contributed by atoms with Gasteiger partial charge in [0.05, 0.1) is 0 Å². The van der Waals surface area contributed by atoms with Crippen LogP contribution in [0.25, 0.3) is 0 Å². The van der Waals surface area contributed by atoms with E-state index < -0.39 is 36.8 Å². The third-order valence-electron chi connectivity index (χ3n) is 5.04. The molecule has 1 atom stereocenters. The van der Waals surface area contributed by atoms with Crippen molar-refractivity contribution in [3.63, 3.8) is 0 Å².